The van der Waals surface area contributed by atoms with Gasteiger partial charge in [-0.15, -0.1) is 0 Å². The van der Waals surface area contributed by atoms with Crippen molar-refractivity contribution < 1.29 is 9.59 Å². The Morgan fingerprint density at radius 1 is 1.20 bits per heavy atom. The second-order valence-corrected chi connectivity index (χ2v) is 5.31. The number of rotatable bonds is 6. The maximum absolute atomic E-state index is 10.7. The van der Waals surface area contributed by atoms with Crippen molar-refractivity contribution in [2.45, 2.75) is 45.7 Å². The van der Waals surface area contributed by atoms with Gasteiger partial charge in [-0.25, -0.2) is 0 Å². The molecule has 4 nitrogen and oxygen atoms in total. The Kier molecular flexibility index (Phi) is 5.11. The summed E-state index contributed by atoms with van der Waals surface area (Å²) in [5, 5.41) is 0. The van der Waals surface area contributed by atoms with Crippen LogP contribution in [0.4, 0.5) is 0 Å². The normalized spacial score (nSPS) is 14.7. The molecule has 0 aromatic rings. The van der Waals surface area contributed by atoms with E-state index < -0.39 is 11.6 Å². The van der Waals surface area contributed by atoms with Gasteiger partial charge in [0.05, 0.1) is 5.92 Å². The molecule has 0 spiro atoms. The van der Waals surface area contributed by atoms with Crippen LogP contribution in [0.3, 0.4) is 0 Å². The lowest BCUT2D eigenvalue weighted by Crippen LogP contribution is -2.57. The monoisotopic (exact) mass is 214 g/mol. The number of nitrogens with two attached hydrogens (primary N) is 2. The molecular weight excluding hydrogens is 192 g/mol. The lowest BCUT2D eigenvalue weighted by molar-refractivity contribution is -0.120. The Hall–Kier alpha value is -0.740. The van der Waals surface area contributed by atoms with Gasteiger partial charge in [0.15, 0.2) is 6.29 Å². The summed E-state index contributed by atoms with van der Waals surface area (Å²) in [4.78, 5) is 21.3. The Balaban J connectivity index is 4.13. The van der Waals surface area contributed by atoms with Gasteiger partial charge in [-0.3, -0.25) is 4.79 Å². The molecule has 0 aromatic heterocycles. The molecule has 0 bridgehead atoms. The molecule has 1 unspecified atom stereocenters. The molecular formula is C11H22N2O2. The van der Waals surface area contributed by atoms with Gasteiger partial charge in [0.2, 0.25) is 0 Å². The van der Waals surface area contributed by atoms with Gasteiger partial charge in [0, 0.05) is 0 Å². The molecule has 0 fully saturated rings. The molecule has 0 amide bonds. The van der Waals surface area contributed by atoms with Crippen molar-refractivity contribution in [2.75, 3.05) is 0 Å². The molecule has 0 aliphatic carbocycles. The molecule has 0 saturated carbocycles. The predicted octanol–water partition coefficient (Wildman–Crippen LogP) is 0.830. The Morgan fingerprint density at radius 3 is 2.07 bits per heavy atom. The average molecular weight is 214 g/mol. The lowest BCUT2D eigenvalue weighted by atomic mass is 9.85. The van der Waals surface area contributed by atoms with Crippen molar-refractivity contribution in [3.05, 3.63) is 0 Å². The van der Waals surface area contributed by atoms with Gasteiger partial charge in [0.25, 0.3) is 0 Å². The minimum atomic E-state index is -1.51. The van der Waals surface area contributed by atoms with E-state index in [1.807, 2.05) is 0 Å². The SMILES string of the molecule is CC(C)(C)CCCC(C=O)C(N)(N)C=O. The first-order valence-corrected chi connectivity index (χ1v) is 5.22. The van der Waals surface area contributed by atoms with Gasteiger partial charge >= 0.3 is 0 Å². The maximum atomic E-state index is 10.7. The average Bonchev–Trinajstić information content (AvgIpc) is 2.10. The highest BCUT2D eigenvalue weighted by Gasteiger charge is 2.30. The van der Waals surface area contributed by atoms with E-state index >= 15 is 0 Å². The van der Waals surface area contributed by atoms with E-state index in [4.69, 9.17) is 11.5 Å². The van der Waals surface area contributed by atoms with Crippen LogP contribution in [0.25, 0.3) is 0 Å². The van der Waals surface area contributed by atoms with Crippen LogP contribution in [0.2, 0.25) is 0 Å². The van der Waals surface area contributed by atoms with Crippen molar-refractivity contribution in [1.29, 1.82) is 0 Å². The van der Waals surface area contributed by atoms with Gasteiger partial charge in [-0.2, -0.15) is 0 Å². The van der Waals surface area contributed by atoms with Gasteiger partial charge in [0.1, 0.15) is 11.9 Å². The quantitative estimate of drug-likeness (QED) is 0.506. The molecule has 0 aliphatic rings. The first-order chi connectivity index (χ1) is 6.73. The minimum Gasteiger partial charge on any atom is -0.307 e. The molecule has 15 heavy (non-hydrogen) atoms. The summed E-state index contributed by atoms with van der Waals surface area (Å²) >= 11 is 0. The molecule has 4 heteroatoms. The molecule has 0 radical (unpaired) electrons. The number of carbonyl (C=O) groups excluding carboxylic acids is 2. The number of hydrogen-bond donors (Lipinski definition) is 2. The smallest absolute Gasteiger partial charge is 0.154 e. The summed E-state index contributed by atoms with van der Waals surface area (Å²) in [6, 6.07) is 0. The highest BCUT2D eigenvalue weighted by Crippen LogP contribution is 2.24. The van der Waals surface area contributed by atoms with Crippen molar-refractivity contribution in [3.8, 4) is 0 Å². The molecule has 1 atom stereocenters. The number of hydrogen-bond acceptors (Lipinski definition) is 4. The van der Waals surface area contributed by atoms with Crippen LogP contribution in [0.5, 0.6) is 0 Å². The summed E-state index contributed by atoms with van der Waals surface area (Å²) in [6.45, 7) is 6.38. The summed E-state index contributed by atoms with van der Waals surface area (Å²) < 4.78 is 0. The van der Waals surface area contributed by atoms with Crippen molar-refractivity contribution >= 4 is 12.6 Å². The fourth-order valence-corrected chi connectivity index (χ4v) is 1.38. The lowest BCUT2D eigenvalue weighted by Gasteiger charge is -2.25. The highest BCUT2D eigenvalue weighted by atomic mass is 16.1. The topological polar surface area (TPSA) is 86.2 Å². The van der Waals surface area contributed by atoms with Crippen LogP contribution in [-0.2, 0) is 9.59 Å². The molecule has 0 rings (SSSR count). The first kappa shape index (κ1) is 14.3. The van der Waals surface area contributed by atoms with Crippen LogP contribution in [0.1, 0.15) is 40.0 Å². The zero-order valence-electron chi connectivity index (χ0n) is 9.82. The zero-order chi connectivity index (χ0) is 12.1. The first-order valence-electron chi connectivity index (χ1n) is 5.22. The summed E-state index contributed by atoms with van der Waals surface area (Å²) in [7, 11) is 0. The molecule has 0 aromatic carbocycles. The van der Waals surface area contributed by atoms with Crippen LogP contribution >= 0.6 is 0 Å². The van der Waals surface area contributed by atoms with Crippen molar-refractivity contribution in [3.63, 3.8) is 0 Å². The van der Waals surface area contributed by atoms with Crippen LogP contribution in [0, 0.1) is 11.3 Å². The predicted molar refractivity (Wildman–Crippen MR) is 60.0 cm³/mol. The second kappa shape index (κ2) is 5.37. The standard InChI is InChI=1S/C11H22N2O2/c1-10(2,3)6-4-5-9(7-14)11(12,13)8-15/h7-9H,4-6,12-13H2,1-3H3. The highest BCUT2D eigenvalue weighted by molar-refractivity contribution is 5.71. The molecule has 0 heterocycles. The minimum absolute atomic E-state index is 0.223. The second-order valence-electron chi connectivity index (χ2n) is 5.31. The molecule has 0 aliphatic heterocycles. The summed E-state index contributed by atoms with van der Waals surface area (Å²) in [5.41, 5.74) is 9.71. The van der Waals surface area contributed by atoms with Gasteiger partial charge in [-0.1, -0.05) is 27.2 Å². The van der Waals surface area contributed by atoms with Crippen LogP contribution in [-0.4, -0.2) is 18.2 Å². The third-order valence-electron chi connectivity index (χ3n) is 2.45. The van der Waals surface area contributed by atoms with E-state index in [1.165, 1.54) is 0 Å². The van der Waals surface area contributed by atoms with E-state index in [-0.39, 0.29) is 5.41 Å². The molecule has 88 valence electrons. The fourth-order valence-electron chi connectivity index (χ4n) is 1.38. The van der Waals surface area contributed by atoms with Crippen LogP contribution < -0.4 is 11.5 Å². The Labute approximate surface area is 91.4 Å². The van der Waals surface area contributed by atoms with Gasteiger partial charge < -0.3 is 16.3 Å². The largest absolute Gasteiger partial charge is 0.307 e. The summed E-state index contributed by atoms with van der Waals surface area (Å²) in [6.07, 6.45) is 3.51. The van der Waals surface area contributed by atoms with Crippen molar-refractivity contribution in [1.82, 2.24) is 0 Å². The summed E-state index contributed by atoms with van der Waals surface area (Å²) in [5.74, 6) is -0.586. The third kappa shape index (κ3) is 5.64. The third-order valence-corrected chi connectivity index (χ3v) is 2.45. The van der Waals surface area contributed by atoms with Gasteiger partial charge in [-0.05, 0) is 18.3 Å². The van der Waals surface area contributed by atoms with Crippen molar-refractivity contribution in [2.24, 2.45) is 22.8 Å². The Morgan fingerprint density at radius 2 is 1.73 bits per heavy atom. The van der Waals surface area contributed by atoms with E-state index in [0.29, 0.717) is 19.0 Å². The van der Waals surface area contributed by atoms with E-state index in [2.05, 4.69) is 20.8 Å². The van der Waals surface area contributed by atoms with Crippen LogP contribution in [0.15, 0.2) is 0 Å². The fraction of sp³-hybridized carbons (Fsp3) is 0.818. The van der Waals surface area contributed by atoms with E-state index in [9.17, 15) is 9.59 Å². The maximum Gasteiger partial charge on any atom is 0.154 e. The van der Waals surface area contributed by atoms with E-state index in [0.717, 1.165) is 12.8 Å². The molecule has 4 N–H and O–H groups in total. The number of aldehydes is 2. The Bertz CT molecular complexity index is 219. The molecule has 0 saturated heterocycles. The van der Waals surface area contributed by atoms with E-state index in [1.54, 1.807) is 0 Å². The zero-order valence-corrected chi connectivity index (χ0v) is 9.82. The number of carbonyl (C=O) groups is 2.